The minimum Gasteiger partial charge on any atom is -0.481 e. The zero-order valence-electron chi connectivity index (χ0n) is 15.3. The highest BCUT2D eigenvalue weighted by molar-refractivity contribution is 5.88. The molecule has 4 rings (SSSR count). The van der Waals surface area contributed by atoms with E-state index in [0.29, 0.717) is 25.3 Å². The molecule has 27 heavy (non-hydrogen) atoms. The molecule has 2 fully saturated rings. The summed E-state index contributed by atoms with van der Waals surface area (Å²) in [5.74, 6) is -0.954. The van der Waals surface area contributed by atoms with E-state index < -0.39 is 17.4 Å². The minimum atomic E-state index is -0.870. The fourth-order valence-corrected chi connectivity index (χ4v) is 4.41. The van der Waals surface area contributed by atoms with Gasteiger partial charge in [-0.05, 0) is 25.0 Å². The largest absolute Gasteiger partial charge is 0.481 e. The number of oxazole rings is 1. The van der Waals surface area contributed by atoms with Crippen molar-refractivity contribution in [2.45, 2.75) is 31.3 Å². The van der Waals surface area contributed by atoms with Crippen LogP contribution < -0.4 is 0 Å². The van der Waals surface area contributed by atoms with E-state index in [1.165, 1.54) is 0 Å². The summed E-state index contributed by atoms with van der Waals surface area (Å²) in [6.07, 6.45) is 3.11. The molecule has 0 saturated carbocycles. The molecule has 1 spiro atoms. The van der Waals surface area contributed by atoms with Crippen LogP contribution in [0.1, 0.15) is 25.0 Å². The Kier molecular flexibility index (Phi) is 4.47. The summed E-state index contributed by atoms with van der Waals surface area (Å²) in [5.41, 5.74) is 1.24. The fraction of sp³-hybridized carbons (Fsp3) is 0.450. The van der Waals surface area contributed by atoms with Crippen LogP contribution >= 0.6 is 0 Å². The van der Waals surface area contributed by atoms with Crippen molar-refractivity contribution in [3.63, 3.8) is 0 Å². The molecule has 2 aromatic rings. The molecule has 2 saturated heterocycles. The lowest BCUT2D eigenvalue weighted by molar-refractivity contribution is -0.146. The zero-order chi connectivity index (χ0) is 19.0. The Morgan fingerprint density at radius 2 is 2.00 bits per heavy atom. The summed E-state index contributed by atoms with van der Waals surface area (Å²) in [7, 11) is 1.74. The van der Waals surface area contributed by atoms with Gasteiger partial charge in [0.15, 0.2) is 0 Å². The number of aliphatic carboxylic acids is 1. The molecule has 1 aromatic heterocycles. The maximum absolute atomic E-state index is 12.1. The van der Waals surface area contributed by atoms with Crippen molar-refractivity contribution >= 4 is 11.9 Å². The van der Waals surface area contributed by atoms with E-state index in [0.717, 1.165) is 24.3 Å². The molecule has 1 amide bonds. The molecule has 2 aliphatic rings. The van der Waals surface area contributed by atoms with E-state index in [4.69, 9.17) is 4.42 Å². The lowest BCUT2D eigenvalue weighted by Gasteiger charge is -2.45. The summed E-state index contributed by atoms with van der Waals surface area (Å²) < 4.78 is 5.60. The first-order chi connectivity index (χ1) is 13.0. The molecule has 0 radical (unpaired) electrons. The quantitative estimate of drug-likeness (QED) is 0.889. The van der Waals surface area contributed by atoms with Crippen LogP contribution in [0.4, 0.5) is 0 Å². The normalized spacial score (nSPS) is 22.5. The van der Waals surface area contributed by atoms with Crippen LogP contribution in [-0.4, -0.2) is 57.4 Å². The highest BCUT2D eigenvalue weighted by atomic mass is 16.4. The number of aromatic nitrogens is 1. The predicted octanol–water partition coefficient (Wildman–Crippen LogP) is 2.24. The van der Waals surface area contributed by atoms with Crippen LogP contribution in [-0.2, 0) is 16.1 Å². The van der Waals surface area contributed by atoms with Crippen molar-refractivity contribution in [2.75, 3.05) is 20.1 Å². The first-order valence-electron chi connectivity index (χ1n) is 9.21. The van der Waals surface area contributed by atoms with Crippen LogP contribution in [0.2, 0.25) is 0 Å². The maximum Gasteiger partial charge on any atom is 0.309 e. The number of rotatable bonds is 4. The van der Waals surface area contributed by atoms with Gasteiger partial charge in [0.1, 0.15) is 6.26 Å². The highest BCUT2D eigenvalue weighted by Gasteiger charge is 2.55. The molecule has 0 unspecified atom stereocenters. The number of carboxylic acid groups (broad SMARTS) is 1. The van der Waals surface area contributed by atoms with Crippen LogP contribution in [0.15, 0.2) is 41.0 Å². The molecule has 0 bridgehead atoms. The summed E-state index contributed by atoms with van der Waals surface area (Å²) in [5, 5.41) is 9.56. The Hall–Kier alpha value is -2.67. The number of carbonyl (C=O) groups is 2. The van der Waals surface area contributed by atoms with E-state index in [-0.39, 0.29) is 12.3 Å². The van der Waals surface area contributed by atoms with Crippen molar-refractivity contribution in [3.05, 3.63) is 42.3 Å². The number of carboxylic acids is 1. The summed E-state index contributed by atoms with van der Waals surface area (Å²) in [6, 6.07) is 9.76. The van der Waals surface area contributed by atoms with Gasteiger partial charge >= 0.3 is 5.97 Å². The lowest BCUT2D eigenvalue weighted by Crippen LogP contribution is -2.55. The smallest absolute Gasteiger partial charge is 0.309 e. The third kappa shape index (κ3) is 3.12. The molecular weight excluding hydrogens is 346 g/mol. The predicted molar refractivity (Wildman–Crippen MR) is 97.7 cm³/mol. The first-order valence-corrected chi connectivity index (χ1v) is 9.21. The lowest BCUT2D eigenvalue weighted by atomic mass is 9.77. The fourth-order valence-electron chi connectivity index (χ4n) is 4.41. The Bertz CT molecular complexity index is 840. The van der Waals surface area contributed by atoms with Gasteiger partial charge in [-0.1, -0.05) is 18.2 Å². The summed E-state index contributed by atoms with van der Waals surface area (Å²) in [6.45, 7) is 2.12. The number of nitrogens with zero attached hydrogens (tertiary/aromatic N) is 3. The van der Waals surface area contributed by atoms with Gasteiger partial charge < -0.3 is 14.4 Å². The van der Waals surface area contributed by atoms with Gasteiger partial charge in [-0.3, -0.25) is 14.5 Å². The molecule has 142 valence electrons. The average Bonchev–Trinajstić information content (AvgIpc) is 3.23. The van der Waals surface area contributed by atoms with Gasteiger partial charge in [-0.2, -0.15) is 0 Å². The van der Waals surface area contributed by atoms with Crippen molar-refractivity contribution in [1.82, 2.24) is 14.8 Å². The number of amides is 1. The third-order valence-corrected chi connectivity index (χ3v) is 6.05. The molecular formula is C20H23N3O4. The van der Waals surface area contributed by atoms with Crippen LogP contribution in [0.3, 0.4) is 0 Å². The van der Waals surface area contributed by atoms with Crippen molar-refractivity contribution in [2.24, 2.45) is 5.92 Å². The Labute approximate surface area is 157 Å². The molecule has 1 aromatic carbocycles. The van der Waals surface area contributed by atoms with Gasteiger partial charge in [-0.15, -0.1) is 0 Å². The number of benzene rings is 1. The average molecular weight is 369 g/mol. The van der Waals surface area contributed by atoms with Gasteiger partial charge in [0, 0.05) is 38.7 Å². The highest BCUT2D eigenvalue weighted by Crippen LogP contribution is 2.43. The number of hydrogen-bond donors (Lipinski definition) is 1. The van der Waals surface area contributed by atoms with Crippen molar-refractivity contribution in [1.29, 1.82) is 0 Å². The zero-order valence-corrected chi connectivity index (χ0v) is 15.3. The molecule has 3 heterocycles. The van der Waals surface area contributed by atoms with Crippen LogP contribution in [0.25, 0.3) is 11.5 Å². The molecule has 1 atom stereocenters. The molecule has 7 nitrogen and oxygen atoms in total. The number of piperidine rings is 1. The number of carbonyl (C=O) groups excluding carboxylic acids is 1. The van der Waals surface area contributed by atoms with E-state index in [1.807, 2.05) is 30.3 Å². The standard InChI is InChI=1S/C20H23N3O4/c1-22-17(24)11-16(19(25)26)20(22)7-9-23(10-8-20)12-15-13-27-18(21-15)14-5-3-2-4-6-14/h2-6,13,16H,7-12H2,1H3,(H,25,26)/t16-/m0/s1. The maximum atomic E-state index is 12.1. The Balaban J connectivity index is 1.42. The second kappa shape index (κ2) is 6.81. The Morgan fingerprint density at radius 3 is 2.67 bits per heavy atom. The number of likely N-dealkylation sites (tertiary alicyclic amines) is 2. The number of hydrogen-bond acceptors (Lipinski definition) is 5. The second-order valence-corrected chi connectivity index (χ2v) is 7.44. The van der Waals surface area contributed by atoms with Gasteiger partial charge in [0.05, 0.1) is 17.2 Å². The van der Waals surface area contributed by atoms with Crippen molar-refractivity contribution in [3.8, 4) is 11.5 Å². The molecule has 0 aliphatic carbocycles. The van der Waals surface area contributed by atoms with Crippen molar-refractivity contribution < 1.29 is 19.1 Å². The van der Waals surface area contributed by atoms with E-state index in [9.17, 15) is 14.7 Å². The van der Waals surface area contributed by atoms with Gasteiger partial charge in [0.25, 0.3) is 0 Å². The monoisotopic (exact) mass is 369 g/mol. The van der Waals surface area contributed by atoms with E-state index in [2.05, 4.69) is 9.88 Å². The summed E-state index contributed by atoms with van der Waals surface area (Å²) in [4.78, 5) is 32.2. The van der Waals surface area contributed by atoms with Crippen LogP contribution in [0.5, 0.6) is 0 Å². The molecule has 2 aliphatic heterocycles. The first kappa shape index (κ1) is 17.7. The van der Waals surface area contributed by atoms with Gasteiger partial charge in [-0.25, -0.2) is 4.98 Å². The van der Waals surface area contributed by atoms with E-state index in [1.54, 1.807) is 18.2 Å². The minimum absolute atomic E-state index is 0.0696. The third-order valence-electron chi connectivity index (χ3n) is 6.05. The van der Waals surface area contributed by atoms with Crippen LogP contribution in [0, 0.1) is 5.92 Å². The Morgan fingerprint density at radius 1 is 1.30 bits per heavy atom. The topological polar surface area (TPSA) is 86.9 Å². The molecule has 1 N–H and O–H groups in total. The second-order valence-electron chi connectivity index (χ2n) is 7.44. The van der Waals surface area contributed by atoms with Gasteiger partial charge in [0.2, 0.25) is 11.8 Å². The summed E-state index contributed by atoms with van der Waals surface area (Å²) >= 11 is 0. The SMILES string of the molecule is CN1C(=O)C[C@@H](C(=O)O)C12CCN(Cc1coc(-c3ccccc3)n1)CC2. The molecule has 7 heteroatoms. The van der Waals surface area contributed by atoms with E-state index >= 15 is 0 Å².